The molecule has 1 aliphatic heterocycles. The number of aromatic nitrogens is 4. The summed E-state index contributed by atoms with van der Waals surface area (Å²) in [5.41, 5.74) is 3.88. The maximum atomic E-state index is 13.3. The summed E-state index contributed by atoms with van der Waals surface area (Å²) < 4.78 is 7.63. The molecule has 164 valence electrons. The van der Waals surface area contributed by atoms with Gasteiger partial charge < -0.3 is 15.4 Å². The minimum atomic E-state index is -0.441. The Kier molecular flexibility index (Phi) is 5.55. The first-order chi connectivity index (χ1) is 16.2. The van der Waals surface area contributed by atoms with Crippen LogP contribution in [0.25, 0.3) is 0 Å². The zero-order chi connectivity index (χ0) is 22.6. The molecule has 2 aromatic carbocycles. The molecule has 0 fully saturated rings. The fourth-order valence-electron chi connectivity index (χ4n) is 3.82. The third-order valence-corrected chi connectivity index (χ3v) is 5.40. The number of rotatable bonds is 6. The van der Waals surface area contributed by atoms with Gasteiger partial charge in [0.1, 0.15) is 24.7 Å². The van der Waals surface area contributed by atoms with Crippen molar-refractivity contribution in [1.82, 2.24) is 19.7 Å². The van der Waals surface area contributed by atoms with Gasteiger partial charge in [0, 0.05) is 11.9 Å². The lowest BCUT2D eigenvalue weighted by Gasteiger charge is -2.28. The Morgan fingerprint density at radius 3 is 2.67 bits per heavy atom. The van der Waals surface area contributed by atoms with E-state index in [1.165, 1.54) is 6.33 Å². The van der Waals surface area contributed by atoms with Gasteiger partial charge in [0.2, 0.25) is 5.95 Å². The summed E-state index contributed by atoms with van der Waals surface area (Å²) in [6.07, 6.45) is 4.75. The van der Waals surface area contributed by atoms with E-state index in [1.807, 2.05) is 61.5 Å². The maximum absolute atomic E-state index is 13.3. The van der Waals surface area contributed by atoms with Crippen LogP contribution in [0.4, 0.5) is 11.6 Å². The van der Waals surface area contributed by atoms with Gasteiger partial charge in [0.05, 0.1) is 17.5 Å². The maximum Gasteiger partial charge on any atom is 0.255 e. The summed E-state index contributed by atoms with van der Waals surface area (Å²) in [5, 5.41) is 10.5. The average molecular weight is 438 g/mol. The van der Waals surface area contributed by atoms with Gasteiger partial charge in [-0.25, -0.2) is 4.68 Å². The summed E-state index contributed by atoms with van der Waals surface area (Å²) in [6, 6.07) is 20.8. The zero-order valence-electron chi connectivity index (χ0n) is 18.0. The fourth-order valence-corrected chi connectivity index (χ4v) is 3.82. The molecule has 2 N–H and O–H groups in total. The van der Waals surface area contributed by atoms with Gasteiger partial charge in [-0.3, -0.25) is 9.78 Å². The molecule has 0 bridgehead atoms. The predicted molar refractivity (Wildman–Crippen MR) is 125 cm³/mol. The molecule has 1 amide bonds. The van der Waals surface area contributed by atoms with Crippen LogP contribution in [0, 0.1) is 0 Å². The monoisotopic (exact) mass is 438 g/mol. The number of fused-ring (bicyclic) bond motifs is 1. The number of nitrogens with zero attached hydrogens (tertiary/aromatic N) is 4. The summed E-state index contributed by atoms with van der Waals surface area (Å²) >= 11 is 0. The first-order valence-corrected chi connectivity index (χ1v) is 10.5. The van der Waals surface area contributed by atoms with Crippen LogP contribution in [-0.2, 0) is 11.4 Å². The van der Waals surface area contributed by atoms with E-state index < -0.39 is 6.04 Å². The van der Waals surface area contributed by atoms with Crippen molar-refractivity contribution in [3.8, 4) is 5.75 Å². The molecular formula is C25H22N6O2. The van der Waals surface area contributed by atoms with Crippen molar-refractivity contribution in [1.29, 1.82) is 0 Å². The molecule has 0 radical (unpaired) electrons. The predicted octanol–water partition coefficient (Wildman–Crippen LogP) is 4.18. The fraction of sp³-hybridized carbons (Fsp3) is 0.120. The van der Waals surface area contributed by atoms with Crippen molar-refractivity contribution < 1.29 is 9.53 Å². The Balaban J connectivity index is 1.42. The Morgan fingerprint density at radius 1 is 1.09 bits per heavy atom. The second kappa shape index (κ2) is 8.96. The van der Waals surface area contributed by atoms with Crippen LogP contribution in [0.15, 0.2) is 96.7 Å². The van der Waals surface area contributed by atoms with Gasteiger partial charge in [0.15, 0.2) is 0 Å². The largest absolute Gasteiger partial charge is 0.489 e. The van der Waals surface area contributed by atoms with Crippen LogP contribution in [0.2, 0.25) is 0 Å². The number of nitrogens with one attached hydrogen (secondary N) is 2. The van der Waals surface area contributed by atoms with Gasteiger partial charge in [-0.2, -0.15) is 10.1 Å². The lowest BCUT2D eigenvalue weighted by Crippen LogP contribution is -2.31. The SMILES string of the molecule is CC1=C(C(=O)Nc2cccnc2)C(c2ccc(OCc3ccccc3)cc2)n2ncnc2N1. The second-order valence-electron chi connectivity index (χ2n) is 7.63. The minimum absolute atomic E-state index is 0.233. The van der Waals surface area contributed by atoms with Crippen molar-refractivity contribution >= 4 is 17.5 Å². The molecule has 8 heteroatoms. The number of hydrogen-bond acceptors (Lipinski definition) is 6. The molecule has 1 unspecified atom stereocenters. The first-order valence-electron chi connectivity index (χ1n) is 10.5. The van der Waals surface area contributed by atoms with E-state index in [-0.39, 0.29) is 5.91 Å². The molecule has 33 heavy (non-hydrogen) atoms. The molecule has 4 aromatic rings. The van der Waals surface area contributed by atoms with Crippen LogP contribution in [0.5, 0.6) is 5.75 Å². The Bertz CT molecular complexity index is 1280. The van der Waals surface area contributed by atoms with E-state index in [1.54, 1.807) is 29.2 Å². The number of allylic oxidation sites excluding steroid dienone is 1. The average Bonchev–Trinajstić information content (AvgIpc) is 3.31. The molecule has 0 saturated carbocycles. The molecule has 0 saturated heterocycles. The van der Waals surface area contributed by atoms with E-state index in [9.17, 15) is 4.79 Å². The number of benzene rings is 2. The number of carbonyl (C=O) groups excluding carboxylic acids is 1. The van der Waals surface area contributed by atoms with E-state index in [0.717, 1.165) is 16.9 Å². The molecule has 5 rings (SSSR count). The highest BCUT2D eigenvalue weighted by Gasteiger charge is 2.33. The van der Waals surface area contributed by atoms with Crippen molar-refractivity contribution in [2.75, 3.05) is 10.6 Å². The van der Waals surface area contributed by atoms with Crippen LogP contribution >= 0.6 is 0 Å². The zero-order valence-corrected chi connectivity index (χ0v) is 18.0. The minimum Gasteiger partial charge on any atom is -0.489 e. The topological polar surface area (TPSA) is 94.0 Å². The van der Waals surface area contributed by atoms with Crippen LogP contribution < -0.4 is 15.4 Å². The van der Waals surface area contributed by atoms with Gasteiger partial charge in [0.25, 0.3) is 5.91 Å². The third-order valence-electron chi connectivity index (χ3n) is 5.40. The van der Waals surface area contributed by atoms with E-state index in [4.69, 9.17) is 4.74 Å². The molecule has 2 aromatic heterocycles. The molecule has 0 aliphatic carbocycles. The molecule has 1 atom stereocenters. The molecule has 3 heterocycles. The molecule has 0 spiro atoms. The number of anilines is 2. The standard InChI is InChI=1S/C25H22N6O2/c1-17-22(24(32)30-20-8-5-13-26-14-20)23(31-25(29-17)27-16-28-31)19-9-11-21(12-10-19)33-15-18-6-3-2-4-7-18/h2-14,16,23H,15H2,1H3,(H,30,32)(H,27,28,29). The van der Waals surface area contributed by atoms with Gasteiger partial charge in [-0.15, -0.1) is 0 Å². The van der Waals surface area contributed by atoms with E-state index >= 15 is 0 Å². The smallest absolute Gasteiger partial charge is 0.255 e. The van der Waals surface area contributed by atoms with Crippen molar-refractivity contribution in [3.63, 3.8) is 0 Å². The number of hydrogen-bond donors (Lipinski definition) is 2. The number of amides is 1. The summed E-state index contributed by atoms with van der Waals surface area (Å²) in [5.74, 6) is 1.10. The summed E-state index contributed by atoms with van der Waals surface area (Å²) in [6.45, 7) is 2.35. The Labute approximate surface area is 191 Å². The third kappa shape index (κ3) is 4.31. The normalized spacial score (nSPS) is 14.9. The molecule has 8 nitrogen and oxygen atoms in total. The van der Waals surface area contributed by atoms with E-state index in [2.05, 4.69) is 25.7 Å². The molecule has 1 aliphatic rings. The number of carbonyl (C=O) groups is 1. The summed E-state index contributed by atoms with van der Waals surface area (Å²) in [7, 11) is 0. The van der Waals surface area contributed by atoms with Crippen molar-refractivity contribution in [2.24, 2.45) is 0 Å². The van der Waals surface area contributed by atoms with Gasteiger partial charge in [-0.05, 0) is 42.3 Å². The quantitative estimate of drug-likeness (QED) is 0.469. The van der Waals surface area contributed by atoms with E-state index in [0.29, 0.717) is 29.5 Å². The number of pyridine rings is 1. The first kappa shape index (κ1) is 20.4. The number of ether oxygens (including phenoxy) is 1. The Morgan fingerprint density at radius 2 is 1.91 bits per heavy atom. The summed E-state index contributed by atoms with van der Waals surface area (Å²) in [4.78, 5) is 21.6. The van der Waals surface area contributed by atoms with Crippen LogP contribution in [-0.4, -0.2) is 25.7 Å². The van der Waals surface area contributed by atoms with Gasteiger partial charge >= 0.3 is 0 Å². The van der Waals surface area contributed by atoms with Crippen molar-refractivity contribution in [2.45, 2.75) is 19.6 Å². The van der Waals surface area contributed by atoms with Crippen LogP contribution in [0.3, 0.4) is 0 Å². The van der Waals surface area contributed by atoms with Gasteiger partial charge in [-0.1, -0.05) is 42.5 Å². The van der Waals surface area contributed by atoms with Crippen LogP contribution in [0.1, 0.15) is 24.1 Å². The Hall–Kier alpha value is -4.46. The lowest BCUT2D eigenvalue weighted by atomic mass is 9.95. The highest BCUT2D eigenvalue weighted by atomic mass is 16.5. The highest BCUT2D eigenvalue weighted by Crippen LogP contribution is 2.35. The molecular weight excluding hydrogens is 416 g/mol. The highest BCUT2D eigenvalue weighted by molar-refractivity contribution is 6.05. The lowest BCUT2D eigenvalue weighted by molar-refractivity contribution is -0.113. The van der Waals surface area contributed by atoms with Crippen molar-refractivity contribution in [3.05, 3.63) is 108 Å². The second-order valence-corrected chi connectivity index (χ2v) is 7.63.